The number of carbonyl (C=O) groups is 2. The molecule has 0 unspecified atom stereocenters. The SMILES string of the molecule is CCc1cc2c(nc1Nc1cccc(OC)c1)c(OC(C)C)c(C(=O)NC1CCN(C(=O)CO)CC1)n2C. The molecule has 38 heavy (non-hydrogen) atoms. The second-order valence-electron chi connectivity index (χ2n) is 9.76. The van der Waals surface area contributed by atoms with Crippen LogP contribution in [0.25, 0.3) is 11.0 Å². The lowest BCUT2D eigenvalue weighted by atomic mass is 10.0. The molecule has 0 aliphatic carbocycles. The van der Waals surface area contributed by atoms with E-state index in [-0.39, 0.29) is 24.0 Å². The minimum atomic E-state index is -0.496. The van der Waals surface area contributed by atoms with Gasteiger partial charge in [0.25, 0.3) is 5.91 Å². The standard InChI is InChI=1S/C28H37N5O5/c1-6-18-14-22-24(31-27(18)29-20-8-7-9-21(15-20)37-5)26(38-17(2)3)25(32(22)4)28(36)30-19-10-12-33(13-11-19)23(35)16-34/h7-9,14-15,17,19,34H,6,10-13,16H2,1-5H3,(H,29,31)(H,30,36). The summed E-state index contributed by atoms with van der Waals surface area (Å²) < 4.78 is 13.4. The number of amides is 2. The summed E-state index contributed by atoms with van der Waals surface area (Å²) in [6.45, 7) is 6.40. The Balaban J connectivity index is 1.68. The van der Waals surface area contributed by atoms with Crippen LogP contribution in [0.2, 0.25) is 0 Å². The molecule has 10 nitrogen and oxygen atoms in total. The molecule has 0 spiro atoms. The molecule has 4 rings (SSSR count). The highest BCUT2D eigenvalue weighted by atomic mass is 16.5. The molecule has 1 fully saturated rings. The summed E-state index contributed by atoms with van der Waals surface area (Å²) in [7, 11) is 3.48. The lowest BCUT2D eigenvalue weighted by Crippen LogP contribution is -2.47. The largest absolute Gasteiger partial charge is 0.497 e. The third-order valence-electron chi connectivity index (χ3n) is 6.81. The number of nitrogens with zero attached hydrogens (tertiary/aromatic N) is 3. The fraction of sp³-hybridized carbons (Fsp3) is 0.464. The van der Waals surface area contributed by atoms with Crippen molar-refractivity contribution < 1.29 is 24.2 Å². The topological polar surface area (TPSA) is 118 Å². The van der Waals surface area contributed by atoms with Crippen molar-refractivity contribution in [3.05, 3.63) is 41.6 Å². The van der Waals surface area contributed by atoms with Crippen molar-refractivity contribution in [2.24, 2.45) is 7.05 Å². The number of piperidine rings is 1. The highest BCUT2D eigenvalue weighted by Crippen LogP contribution is 2.36. The van der Waals surface area contributed by atoms with Gasteiger partial charge in [-0.15, -0.1) is 0 Å². The molecular weight excluding hydrogens is 486 g/mol. The van der Waals surface area contributed by atoms with Crippen molar-refractivity contribution in [2.45, 2.75) is 52.2 Å². The van der Waals surface area contributed by atoms with Gasteiger partial charge in [0.2, 0.25) is 5.91 Å². The molecule has 3 N–H and O–H groups in total. The molecular formula is C28H37N5O5. The number of aryl methyl sites for hydroxylation is 2. The molecule has 10 heteroatoms. The molecule has 1 saturated heterocycles. The number of nitrogens with one attached hydrogen (secondary N) is 2. The second kappa shape index (κ2) is 11.7. The van der Waals surface area contributed by atoms with Crippen LogP contribution in [0.4, 0.5) is 11.5 Å². The Bertz CT molecular complexity index is 1310. The average Bonchev–Trinajstić information content (AvgIpc) is 3.17. The first-order valence-electron chi connectivity index (χ1n) is 13.0. The fourth-order valence-corrected chi connectivity index (χ4v) is 4.80. The van der Waals surface area contributed by atoms with Gasteiger partial charge < -0.3 is 34.7 Å². The van der Waals surface area contributed by atoms with E-state index in [1.807, 2.05) is 55.8 Å². The minimum Gasteiger partial charge on any atom is -0.497 e. The van der Waals surface area contributed by atoms with Gasteiger partial charge in [-0.1, -0.05) is 13.0 Å². The van der Waals surface area contributed by atoms with Gasteiger partial charge in [0.05, 0.1) is 18.7 Å². The number of hydrogen-bond donors (Lipinski definition) is 3. The zero-order valence-electron chi connectivity index (χ0n) is 22.7. The number of carbonyl (C=O) groups excluding carboxylic acids is 2. The van der Waals surface area contributed by atoms with Crippen molar-refractivity contribution in [3.63, 3.8) is 0 Å². The van der Waals surface area contributed by atoms with E-state index in [1.54, 1.807) is 12.0 Å². The lowest BCUT2D eigenvalue weighted by molar-refractivity contribution is -0.135. The third kappa shape index (κ3) is 5.70. The Labute approximate surface area is 222 Å². The molecule has 0 bridgehead atoms. The summed E-state index contributed by atoms with van der Waals surface area (Å²) in [5.41, 5.74) is 3.68. The number of fused-ring (bicyclic) bond motifs is 1. The molecule has 1 aliphatic rings. The number of likely N-dealkylation sites (tertiary alicyclic amines) is 1. The van der Waals surface area contributed by atoms with E-state index in [2.05, 4.69) is 17.6 Å². The summed E-state index contributed by atoms with van der Waals surface area (Å²) in [4.78, 5) is 32.0. The van der Waals surface area contributed by atoms with Crippen LogP contribution in [0.5, 0.6) is 11.5 Å². The molecule has 2 aromatic heterocycles. The van der Waals surface area contributed by atoms with Crippen LogP contribution in [0.1, 0.15) is 49.7 Å². The number of aliphatic hydroxyl groups excluding tert-OH is 1. The Kier molecular flexibility index (Phi) is 8.41. The average molecular weight is 524 g/mol. The zero-order valence-corrected chi connectivity index (χ0v) is 22.7. The first-order chi connectivity index (χ1) is 18.2. The van der Waals surface area contributed by atoms with Gasteiger partial charge in [0.1, 0.15) is 23.7 Å². The number of aromatic nitrogens is 2. The predicted octanol–water partition coefficient (Wildman–Crippen LogP) is 3.39. The number of pyridine rings is 1. The number of benzene rings is 1. The van der Waals surface area contributed by atoms with Gasteiger partial charge in [0.15, 0.2) is 11.4 Å². The quantitative estimate of drug-likeness (QED) is 0.394. The van der Waals surface area contributed by atoms with Crippen LogP contribution in [-0.4, -0.2) is 70.3 Å². The van der Waals surface area contributed by atoms with Gasteiger partial charge in [0, 0.05) is 37.9 Å². The normalized spacial score (nSPS) is 14.1. The number of aliphatic hydroxyl groups is 1. The molecule has 2 amide bonds. The number of methoxy groups -OCH3 is 1. The Morgan fingerprint density at radius 3 is 2.58 bits per heavy atom. The van der Waals surface area contributed by atoms with Gasteiger partial charge in [-0.3, -0.25) is 9.59 Å². The maximum atomic E-state index is 13.6. The van der Waals surface area contributed by atoms with E-state index in [0.717, 1.165) is 28.9 Å². The molecule has 1 aromatic carbocycles. The number of anilines is 2. The third-order valence-corrected chi connectivity index (χ3v) is 6.81. The number of hydrogen-bond acceptors (Lipinski definition) is 7. The molecule has 0 saturated carbocycles. The van der Waals surface area contributed by atoms with Gasteiger partial charge >= 0.3 is 0 Å². The van der Waals surface area contributed by atoms with E-state index in [9.17, 15) is 9.59 Å². The molecule has 0 atom stereocenters. The number of rotatable bonds is 9. The van der Waals surface area contributed by atoms with Crippen molar-refractivity contribution in [2.75, 3.05) is 32.1 Å². The zero-order chi connectivity index (χ0) is 27.4. The lowest BCUT2D eigenvalue weighted by Gasteiger charge is -2.32. The van der Waals surface area contributed by atoms with E-state index in [1.165, 1.54) is 0 Å². The molecule has 0 radical (unpaired) electrons. The predicted molar refractivity (Wildman–Crippen MR) is 146 cm³/mol. The summed E-state index contributed by atoms with van der Waals surface area (Å²) in [6.07, 6.45) is 1.82. The first-order valence-corrected chi connectivity index (χ1v) is 13.0. The molecule has 3 aromatic rings. The van der Waals surface area contributed by atoms with Crippen LogP contribution >= 0.6 is 0 Å². The summed E-state index contributed by atoms with van der Waals surface area (Å²) in [6, 6.07) is 9.61. The van der Waals surface area contributed by atoms with Crippen molar-refractivity contribution in [1.82, 2.24) is 19.8 Å². The Morgan fingerprint density at radius 2 is 1.95 bits per heavy atom. The minimum absolute atomic E-state index is 0.0837. The molecule has 204 valence electrons. The van der Waals surface area contributed by atoms with Crippen molar-refractivity contribution in [1.29, 1.82) is 0 Å². The van der Waals surface area contributed by atoms with E-state index in [0.29, 0.717) is 48.7 Å². The summed E-state index contributed by atoms with van der Waals surface area (Å²) >= 11 is 0. The van der Waals surface area contributed by atoms with Gasteiger partial charge in [-0.25, -0.2) is 4.98 Å². The molecule has 3 heterocycles. The summed E-state index contributed by atoms with van der Waals surface area (Å²) in [5, 5.41) is 15.7. The first kappa shape index (κ1) is 27.3. The monoisotopic (exact) mass is 523 g/mol. The van der Waals surface area contributed by atoms with Crippen LogP contribution in [-0.2, 0) is 18.3 Å². The van der Waals surface area contributed by atoms with E-state index >= 15 is 0 Å². The number of ether oxygens (including phenoxy) is 2. The van der Waals surface area contributed by atoms with Gasteiger partial charge in [-0.05, 0) is 56.9 Å². The van der Waals surface area contributed by atoms with Crippen LogP contribution < -0.4 is 20.1 Å². The van der Waals surface area contributed by atoms with Crippen LogP contribution in [0, 0.1) is 0 Å². The van der Waals surface area contributed by atoms with E-state index in [4.69, 9.17) is 19.6 Å². The van der Waals surface area contributed by atoms with Crippen LogP contribution in [0.3, 0.4) is 0 Å². The fourth-order valence-electron chi connectivity index (χ4n) is 4.80. The van der Waals surface area contributed by atoms with Crippen molar-refractivity contribution in [3.8, 4) is 11.5 Å². The Hall–Kier alpha value is -3.79. The maximum absolute atomic E-state index is 13.6. The van der Waals surface area contributed by atoms with E-state index < -0.39 is 6.61 Å². The maximum Gasteiger partial charge on any atom is 0.272 e. The van der Waals surface area contributed by atoms with Crippen molar-refractivity contribution >= 4 is 34.4 Å². The molecule has 1 aliphatic heterocycles. The highest BCUT2D eigenvalue weighted by molar-refractivity contribution is 6.03. The Morgan fingerprint density at radius 1 is 1.21 bits per heavy atom. The summed E-state index contributed by atoms with van der Waals surface area (Å²) in [5.74, 6) is 1.35. The van der Waals surface area contributed by atoms with Crippen LogP contribution in [0.15, 0.2) is 30.3 Å². The van der Waals surface area contributed by atoms with Gasteiger partial charge in [-0.2, -0.15) is 0 Å². The smallest absolute Gasteiger partial charge is 0.272 e. The second-order valence-corrected chi connectivity index (χ2v) is 9.76. The highest BCUT2D eigenvalue weighted by Gasteiger charge is 2.29.